The minimum atomic E-state index is -0.117. The maximum absolute atomic E-state index is 13.1. The summed E-state index contributed by atoms with van der Waals surface area (Å²) in [6, 6.07) is 12.1. The fourth-order valence-corrected chi connectivity index (χ4v) is 4.38. The largest absolute Gasteiger partial charge is 0.397 e. The van der Waals surface area contributed by atoms with Gasteiger partial charge in [0.25, 0.3) is 0 Å². The van der Waals surface area contributed by atoms with E-state index in [2.05, 4.69) is 5.10 Å². The van der Waals surface area contributed by atoms with Crippen LogP contribution in [0, 0.1) is 19.8 Å². The number of piperidine rings is 1. The Morgan fingerprint density at radius 3 is 2.83 bits per heavy atom. The van der Waals surface area contributed by atoms with E-state index in [-0.39, 0.29) is 17.7 Å². The molecule has 1 aliphatic heterocycles. The summed E-state index contributed by atoms with van der Waals surface area (Å²) in [6.07, 6.45) is 1.97. The lowest BCUT2D eigenvalue weighted by Crippen LogP contribution is -2.43. The van der Waals surface area contributed by atoms with Crippen molar-refractivity contribution in [1.82, 2.24) is 19.7 Å². The Bertz CT molecular complexity index is 1040. The van der Waals surface area contributed by atoms with Crippen LogP contribution in [0.4, 0.5) is 5.69 Å². The molecule has 3 aromatic rings. The van der Waals surface area contributed by atoms with Crippen molar-refractivity contribution >= 4 is 22.5 Å². The van der Waals surface area contributed by atoms with Gasteiger partial charge in [-0.25, -0.2) is 0 Å². The normalized spacial score (nSPS) is 18.2. The number of benzene rings is 1. The molecule has 6 heteroatoms. The number of aryl methyl sites for hydroxylation is 2. The molecule has 3 heterocycles. The molecule has 1 amide bonds. The average Bonchev–Trinajstić information content (AvgIpc) is 3.03. The van der Waals surface area contributed by atoms with Crippen LogP contribution in [-0.2, 0) is 11.3 Å². The molecule has 1 aromatic carbocycles. The first-order chi connectivity index (χ1) is 13.9. The standard InChI is InChI=1S/C23H29N5O/c1-15(13-28-17(3)11-16(2)26-28)23(29)27-10-6-8-19(14-27)22-20(24)12-18-7-4-5-9-21(18)25-22/h4-5,7,9,11-12,15,19H,6,8,10,13-14,24H2,1-3H3/t15-,19+/m1/s1. The molecule has 152 valence electrons. The van der Waals surface area contributed by atoms with Crippen LogP contribution in [-0.4, -0.2) is 38.7 Å². The van der Waals surface area contributed by atoms with E-state index in [9.17, 15) is 4.79 Å². The zero-order valence-corrected chi connectivity index (χ0v) is 17.4. The van der Waals surface area contributed by atoms with E-state index < -0.39 is 0 Å². The molecular formula is C23H29N5O. The van der Waals surface area contributed by atoms with Crippen molar-refractivity contribution in [3.05, 3.63) is 53.5 Å². The quantitative estimate of drug-likeness (QED) is 0.736. The van der Waals surface area contributed by atoms with E-state index >= 15 is 0 Å². The van der Waals surface area contributed by atoms with Gasteiger partial charge < -0.3 is 10.6 Å². The zero-order chi connectivity index (χ0) is 20.5. The van der Waals surface area contributed by atoms with E-state index in [1.165, 1.54) is 0 Å². The molecule has 29 heavy (non-hydrogen) atoms. The van der Waals surface area contributed by atoms with Crippen LogP contribution in [0.25, 0.3) is 10.9 Å². The molecule has 2 aromatic heterocycles. The minimum absolute atomic E-state index is 0.117. The molecule has 0 saturated carbocycles. The Hall–Kier alpha value is -2.89. The molecule has 1 aliphatic rings. The third-order valence-electron chi connectivity index (χ3n) is 5.88. The number of fused-ring (bicyclic) bond motifs is 1. The highest BCUT2D eigenvalue weighted by molar-refractivity contribution is 5.82. The van der Waals surface area contributed by atoms with Gasteiger partial charge in [-0.3, -0.25) is 14.5 Å². The molecule has 1 saturated heterocycles. The molecule has 0 unspecified atom stereocenters. The van der Waals surface area contributed by atoms with Crippen molar-refractivity contribution in [3.8, 4) is 0 Å². The number of hydrogen-bond acceptors (Lipinski definition) is 4. The third kappa shape index (κ3) is 3.97. The molecule has 0 spiro atoms. The Morgan fingerprint density at radius 1 is 1.28 bits per heavy atom. The van der Waals surface area contributed by atoms with Gasteiger partial charge in [-0.05, 0) is 44.9 Å². The van der Waals surface area contributed by atoms with Gasteiger partial charge in [-0.15, -0.1) is 0 Å². The maximum atomic E-state index is 13.1. The van der Waals surface area contributed by atoms with Crippen LogP contribution in [0.5, 0.6) is 0 Å². The van der Waals surface area contributed by atoms with Gasteiger partial charge in [0.2, 0.25) is 5.91 Å². The molecular weight excluding hydrogens is 362 g/mol. The molecule has 4 rings (SSSR count). The van der Waals surface area contributed by atoms with Gasteiger partial charge in [0.05, 0.1) is 35.1 Å². The summed E-state index contributed by atoms with van der Waals surface area (Å²) in [5, 5.41) is 5.55. The Morgan fingerprint density at radius 2 is 2.07 bits per heavy atom. The minimum Gasteiger partial charge on any atom is -0.397 e. The topological polar surface area (TPSA) is 77.0 Å². The third-order valence-corrected chi connectivity index (χ3v) is 5.88. The van der Waals surface area contributed by atoms with Gasteiger partial charge in [0, 0.05) is 30.1 Å². The number of hydrogen-bond donors (Lipinski definition) is 1. The number of rotatable bonds is 4. The van der Waals surface area contributed by atoms with Crippen LogP contribution < -0.4 is 5.73 Å². The van der Waals surface area contributed by atoms with Crippen molar-refractivity contribution in [2.75, 3.05) is 18.8 Å². The lowest BCUT2D eigenvalue weighted by atomic mass is 9.92. The highest BCUT2D eigenvalue weighted by atomic mass is 16.2. The summed E-state index contributed by atoms with van der Waals surface area (Å²) in [6.45, 7) is 8.08. The van der Waals surface area contributed by atoms with Gasteiger partial charge in [0.15, 0.2) is 0 Å². The Balaban J connectivity index is 1.50. The number of nitrogens with two attached hydrogens (primary N) is 1. The lowest BCUT2D eigenvalue weighted by molar-refractivity contribution is -0.136. The lowest BCUT2D eigenvalue weighted by Gasteiger charge is -2.34. The van der Waals surface area contributed by atoms with E-state index in [1.54, 1.807) is 0 Å². The van der Waals surface area contributed by atoms with Crippen molar-refractivity contribution < 1.29 is 4.79 Å². The van der Waals surface area contributed by atoms with E-state index in [1.807, 2.05) is 66.8 Å². The number of pyridine rings is 1. The van der Waals surface area contributed by atoms with Crippen molar-refractivity contribution in [1.29, 1.82) is 0 Å². The fraction of sp³-hybridized carbons (Fsp3) is 0.435. The number of carbonyl (C=O) groups is 1. The molecule has 0 radical (unpaired) electrons. The van der Waals surface area contributed by atoms with Gasteiger partial charge in [-0.1, -0.05) is 25.1 Å². The van der Waals surface area contributed by atoms with Crippen molar-refractivity contribution in [2.45, 2.75) is 46.1 Å². The van der Waals surface area contributed by atoms with E-state index in [4.69, 9.17) is 10.7 Å². The molecule has 0 aliphatic carbocycles. The molecule has 6 nitrogen and oxygen atoms in total. The van der Waals surface area contributed by atoms with Gasteiger partial charge in [0.1, 0.15) is 0 Å². The summed E-state index contributed by atoms with van der Waals surface area (Å²) in [5.41, 5.74) is 11.0. The second-order valence-electron chi connectivity index (χ2n) is 8.29. The number of anilines is 1. The first-order valence-electron chi connectivity index (χ1n) is 10.4. The monoisotopic (exact) mass is 391 g/mol. The summed E-state index contributed by atoms with van der Waals surface area (Å²) >= 11 is 0. The summed E-state index contributed by atoms with van der Waals surface area (Å²) < 4.78 is 1.93. The number of nitrogen functional groups attached to an aromatic ring is 1. The van der Waals surface area contributed by atoms with Gasteiger partial charge >= 0.3 is 0 Å². The second kappa shape index (κ2) is 7.85. The predicted molar refractivity (Wildman–Crippen MR) is 116 cm³/mol. The molecule has 1 fully saturated rings. The van der Waals surface area contributed by atoms with Crippen molar-refractivity contribution in [3.63, 3.8) is 0 Å². The SMILES string of the molecule is Cc1cc(C)n(C[C@@H](C)C(=O)N2CCC[C@H](c3nc4ccccc4cc3N)C2)n1. The van der Waals surface area contributed by atoms with Crippen LogP contribution in [0.15, 0.2) is 36.4 Å². The first kappa shape index (κ1) is 19.4. The first-order valence-corrected chi connectivity index (χ1v) is 10.4. The van der Waals surface area contributed by atoms with E-state index in [0.29, 0.717) is 13.1 Å². The number of carbonyl (C=O) groups excluding carboxylic acids is 1. The highest BCUT2D eigenvalue weighted by Gasteiger charge is 2.29. The predicted octanol–water partition coefficient (Wildman–Crippen LogP) is 3.67. The smallest absolute Gasteiger partial charge is 0.227 e. The summed E-state index contributed by atoms with van der Waals surface area (Å²) in [4.78, 5) is 20.0. The Labute approximate surface area is 171 Å². The highest BCUT2D eigenvalue weighted by Crippen LogP contribution is 2.32. The maximum Gasteiger partial charge on any atom is 0.227 e. The molecule has 2 N–H and O–H groups in total. The number of amides is 1. The average molecular weight is 392 g/mol. The second-order valence-corrected chi connectivity index (χ2v) is 8.29. The zero-order valence-electron chi connectivity index (χ0n) is 17.4. The fourth-order valence-electron chi connectivity index (χ4n) is 4.38. The summed E-state index contributed by atoms with van der Waals surface area (Å²) in [7, 11) is 0. The van der Waals surface area contributed by atoms with Crippen LogP contribution in [0.1, 0.15) is 42.8 Å². The molecule has 2 atom stereocenters. The van der Waals surface area contributed by atoms with Crippen molar-refractivity contribution in [2.24, 2.45) is 5.92 Å². The Kier molecular flexibility index (Phi) is 5.26. The van der Waals surface area contributed by atoms with Crippen LogP contribution in [0.2, 0.25) is 0 Å². The van der Waals surface area contributed by atoms with Crippen LogP contribution in [0.3, 0.4) is 0 Å². The van der Waals surface area contributed by atoms with E-state index in [0.717, 1.165) is 53.1 Å². The number of para-hydroxylation sites is 1. The number of aromatic nitrogens is 3. The van der Waals surface area contributed by atoms with Gasteiger partial charge in [-0.2, -0.15) is 5.10 Å². The summed E-state index contributed by atoms with van der Waals surface area (Å²) in [5.74, 6) is 0.244. The van der Waals surface area contributed by atoms with Crippen LogP contribution >= 0.6 is 0 Å². The molecule has 0 bridgehead atoms. The number of nitrogens with zero attached hydrogens (tertiary/aromatic N) is 4. The number of likely N-dealkylation sites (tertiary alicyclic amines) is 1.